The van der Waals surface area contributed by atoms with Gasteiger partial charge in [0.15, 0.2) is 0 Å². The van der Waals surface area contributed by atoms with E-state index in [-0.39, 0.29) is 16.1 Å². The molecule has 0 aliphatic carbocycles. The molecular weight excluding hydrogens is 316 g/mol. The number of pyridine rings is 1. The van der Waals surface area contributed by atoms with E-state index in [1.807, 2.05) is 0 Å². The predicted octanol–water partition coefficient (Wildman–Crippen LogP) is 2.54. The number of halogens is 1. The van der Waals surface area contributed by atoms with Gasteiger partial charge in [-0.05, 0) is 42.8 Å². The summed E-state index contributed by atoms with van der Waals surface area (Å²) in [7, 11) is -3.81. The molecule has 0 aliphatic heterocycles. The SMILES string of the molecule is Cc1cc(NS(=O)(=O)c2ccc(C(=O)O)cc2)cnc1Cl. The third-order valence-electron chi connectivity index (χ3n) is 2.68. The fraction of sp³-hybridized carbons (Fsp3) is 0.0769. The van der Waals surface area contributed by atoms with Gasteiger partial charge in [0.2, 0.25) is 0 Å². The van der Waals surface area contributed by atoms with Gasteiger partial charge in [-0.2, -0.15) is 0 Å². The van der Waals surface area contributed by atoms with Crippen molar-refractivity contribution in [1.82, 2.24) is 4.98 Å². The fourth-order valence-electron chi connectivity index (χ4n) is 1.60. The van der Waals surface area contributed by atoms with E-state index in [2.05, 4.69) is 9.71 Å². The van der Waals surface area contributed by atoms with Gasteiger partial charge in [0.1, 0.15) is 5.15 Å². The zero-order chi connectivity index (χ0) is 15.6. The third kappa shape index (κ3) is 3.50. The molecule has 0 amide bonds. The van der Waals surface area contributed by atoms with Crippen molar-refractivity contribution < 1.29 is 18.3 Å². The molecular formula is C13H11ClN2O4S. The lowest BCUT2D eigenvalue weighted by molar-refractivity contribution is 0.0696. The topological polar surface area (TPSA) is 96.4 Å². The van der Waals surface area contributed by atoms with Crippen molar-refractivity contribution in [3.63, 3.8) is 0 Å². The molecule has 0 saturated heterocycles. The lowest BCUT2D eigenvalue weighted by Crippen LogP contribution is -2.13. The second kappa shape index (κ2) is 5.71. The number of aromatic carboxylic acids is 1. The first-order valence-electron chi connectivity index (χ1n) is 5.78. The van der Waals surface area contributed by atoms with Gasteiger partial charge in [0.25, 0.3) is 10.0 Å². The smallest absolute Gasteiger partial charge is 0.335 e. The number of benzene rings is 1. The first-order valence-corrected chi connectivity index (χ1v) is 7.64. The number of hydrogen-bond acceptors (Lipinski definition) is 4. The summed E-state index contributed by atoms with van der Waals surface area (Å²) in [4.78, 5) is 14.5. The highest BCUT2D eigenvalue weighted by atomic mass is 35.5. The molecule has 0 bridgehead atoms. The van der Waals surface area contributed by atoms with Crippen LogP contribution in [0.25, 0.3) is 0 Å². The molecule has 0 fully saturated rings. The largest absolute Gasteiger partial charge is 0.478 e. The van der Waals surface area contributed by atoms with Gasteiger partial charge in [0.05, 0.1) is 22.3 Å². The van der Waals surface area contributed by atoms with Crippen LogP contribution in [0, 0.1) is 6.92 Å². The Balaban J connectivity index is 2.29. The molecule has 0 aliphatic rings. The number of hydrogen-bond donors (Lipinski definition) is 2. The van der Waals surface area contributed by atoms with Crippen LogP contribution < -0.4 is 4.72 Å². The first-order chi connectivity index (χ1) is 9.79. The van der Waals surface area contributed by atoms with Crippen LogP contribution in [0.3, 0.4) is 0 Å². The minimum Gasteiger partial charge on any atom is -0.478 e. The highest BCUT2D eigenvalue weighted by Crippen LogP contribution is 2.20. The molecule has 8 heteroatoms. The summed E-state index contributed by atoms with van der Waals surface area (Å²) in [6.45, 7) is 1.70. The zero-order valence-electron chi connectivity index (χ0n) is 10.9. The highest BCUT2D eigenvalue weighted by molar-refractivity contribution is 7.92. The van der Waals surface area contributed by atoms with Crippen LogP contribution in [0.2, 0.25) is 5.15 Å². The van der Waals surface area contributed by atoms with Crippen molar-refractivity contribution in [3.8, 4) is 0 Å². The van der Waals surface area contributed by atoms with E-state index in [0.717, 1.165) is 0 Å². The van der Waals surface area contributed by atoms with E-state index in [9.17, 15) is 13.2 Å². The number of aromatic nitrogens is 1. The van der Waals surface area contributed by atoms with Crippen LogP contribution in [0.1, 0.15) is 15.9 Å². The summed E-state index contributed by atoms with van der Waals surface area (Å²) >= 11 is 5.77. The summed E-state index contributed by atoms with van der Waals surface area (Å²) < 4.78 is 26.7. The summed E-state index contributed by atoms with van der Waals surface area (Å²) in [5, 5.41) is 9.08. The molecule has 110 valence electrons. The molecule has 0 unspecified atom stereocenters. The van der Waals surface area contributed by atoms with Crippen LogP contribution in [0.15, 0.2) is 41.4 Å². The molecule has 0 spiro atoms. The monoisotopic (exact) mass is 326 g/mol. The van der Waals surface area contributed by atoms with E-state index >= 15 is 0 Å². The minimum absolute atomic E-state index is 0.0120. The Hall–Kier alpha value is -2.12. The molecule has 0 radical (unpaired) electrons. The number of anilines is 1. The number of carboxylic acid groups (broad SMARTS) is 1. The Morgan fingerprint density at radius 2 is 1.90 bits per heavy atom. The van der Waals surface area contributed by atoms with Crippen LogP contribution in [0.5, 0.6) is 0 Å². The van der Waals surface area contributed by atoms with Crippen LogP contribution >= 0.6 is 11.6 Å². The number of carboxylic acids is 1. The van der Waals surface area contributed by atoms with Gasteiger partial charge >= 0.3 is 5.97 Å². The van der Waals surface area contributed by atoms with E-state index in [4.69, 9.17) is 16.7 Å². The highest BCUT2D eigenvalue weighted by Gasteiger charge is 2.15. The maximum Gasteiger partial charge on any atom is 0.335 e. The number of rotatable bonds is 4. The fourth-order valence-corrected chi connectivity index (χ4v) is 2.74. The maximum absolute atomic E-state index is 12.2. The maximum atomic E-state index is 12.2. The van der Waals surface area contributed by atoms with Crippen LogP contribution in [0.4, 0.5) is 5.69 Å². The van der Waals surface area contributed by atoms with Gasteiger partial charge in [-0.1, -0.05) is 11.6 Å². The second-order valence-electron chi connectivity index (χ2n) is 4.27. The molecule has 0 saturated carbocycles. The number of aryl methyl sites for hydroxylation is 1. The summed E-state index contributed by atoms with van der Waals surface area (Å²) in [6.07, 6.45) is 1.30. The third-order valence-corrected chi connectivity index (χ3v) is 4.47. The molecule has 2 aromatic rings. The minimum atomic E-state index is -3.81. The molecule has 21 heavy (non-hydrogen) atoms. The van der Waals surface area contributed by atoms with Gasteiger partial charge in [-0.15, -0.1) is 0 Å². The molecule has 1 aromatic heterocycles. The van der Waals surface area contributed by atoms with Crippen molar-refractivity contribution in [1.29, 1.82) is 0 Å². The normalized spacial score (nSPS) is 11.1. The Bertz CT molecular complexity index is 788. The van der Waals surface area contributed by atoms with Crippen molar-refractivity contribution in [2.75, 3.05) is 4.72 Å². The van der Waals surface area contributed by atoms with Gasteiger partial charge in [-0.25, -0.2) is 18.2 Å². The Morgan fingerprint density at radius 1 is 1.29 bits per heavy atom. The van der Waals surface area contributed by atoms with E-state index in [1.54, 1.807) is 13.0 Å². The lowest BCUT2D eigenvalue weighted by atomic mass is 10.2. The van der Waals surface area contributed by atoms with Crippen molar-refractivity contribution >= 4 is 33.3 Å². The summed E-state index contributed by atoms with van der Waals surface area (Å²) in [5.74, 6) is -1.12. The van der Waals surface area contributed by atoms with E-state index < -0.39 is 16.0 Å². The zero-order valence-corrected chi connectivity index (χ0v) is 12.4. The summed E-state index contributed by atoms with van der Waals surface area (Å²) in [5.41, 5.74) is 0.926. The lowest BCUT2D eigenvalue weighted by Gasteiger charge is -2.09. The van der Waals surface area contributed by atoms with Gasteiger partial charge in [-0.3, -0.25) is 4.72 Å². The number of carbonyl (C=O) groups is 1. The molecule has 2 rings (SSSR count). The Labute approximate surface area is 126 Å². The Kier molecular flexibility index (Phi) is 4.15. The predicted molar refractivity (Wildman–Crippen MR) is 78.2 cm³/mol. The molecule has 6 nitrogen and oxygen atoms in total. The number of sulfonamides is 1. The van der Waals surface area contributed by atoms with Crippen molar-refractivity contribution in [2.24, 2.45) is 0 Å². The van der Waals surface area contributed by atoms with Crippen molar-refractivity contribution in [3.05, 3.63) is 52.8 Å². The van der Waals surface area contributed by atoms with Crippen molar-refractivity contribution in [2.45, 2.75) is 11.8 Å². The number of nitrogens with one attached hydrogen (secondary N) is 1. The standard InChI is InChI=1S/C13H11ClN2O4S/c1-8-6-10(7-15-12(8)14)16-21(19,20)11-4-2-9(3-5-11)13(17)18/h2-7,16H,1H3,(H,17,18). The Morgan fingerprint density at radius 3 is 2.43 bits per heavy atom. The average molecular weight is 327 g/mol. The van der Waals surface area contributed by atoms with Gasteiger partial charge in [0, 0.05) is 0 Å². The molecule has 1 aromatic carbocycles. The van der Waals surface area contributed by atoms with E-state index in [1.165, 1.54) is 30.5 Å². The van der Waals surface area contributed by atoms with Crippen LogP contribution in [-0.2, 0) is 10.0 Å². The quantitative estimate of drug-likeness (QED) is 0.842. The average Bonchev–Trinajstić information content (AvgIpc) is 2.43. The van der Waals surface area contributed by atoms with Crippen LogP contribution in [-0.4, -0.2) is 24.5 Å². The molecule has 1 heterocycles. The number of nitrogens with zero attached hydrogens (tertiary/aromatic N) is 1. The second-order valence-corrected chi connectivity index (χ2v) is 6.31. The molecule has 2 N–H and O–H groups in total. The van der Waals surface area contributed by atoms with Gasteiger partial charge < -0.3 is 5.11 Å². The summed E-state index contributed by atoms with van der Waals surface area (Å²) in [6, 6.07) is 6.45. The molecule has 0 atom stereocenters. The van der Waals surface area contributed by atoms with E-state index in [0.29, 0.717) is 10.7 Å². The first kappa shape index (κ1) is 15.3.